The Kier molecular flexibility index (Phi) is 5.55. The second kappa shape index (κ2) is 7.32. The molecular formula is C22H28N2O2. The summed E-state index contributed by atoms with van der Waals surface area (Å²) in [6.45, 7) is 13.5. The molecule has 2 aromatic rings. The molecule has 2 aromatic carbocycles. The monoisotopic (exact) mass is 352 g/mol. The Hall–Kier alpha value is -2.62. The quantitative estimate of drug-likeness (QED) is 0.809. The van der Waals surface area contributed by atoms with Gasteiger partial charge in [-0.15, -0.1) is 0 Å². The zero-order chi connectivity index (χ0) is 19.6. The van der Waals surface area contributed by atoms with Gasteiger partial charge < -0.3 is 0 Å². The van der Waals surface area contributed by atoms with Crippen LogP contribution in [0.3, 0.4) is 0 Å². The Labute approximate surface area is 156 Å². The summed E-state index contributed by atoms with van der Waals surface area (Å²) in [4.78, 5) is 25.9. The van der Waals surface area contributed by atoms with Gasteiger partial charge in [0.25, 0.3) is 11.8 Å². The van der Waals surface area contributed by atoms with Gasteiger partial charge in [-0.05, 0) is 72.7 Å². The topological polar surface area (TPSA) is 49.4 Å². The maximum atomic E-state index is 13.1. The van der Waals surface area contributed by atoms with Crippen LogP contribution in [0.2, 0.25) is 0 Å². The van der Waals surface area contributed by atoms with Gasteiger partial charge in [-0.2, -0.15) is 0 Å². The third-order valence-electron chi connectivity index (χ3n) is 4.04. The number of hydrogen-bond donors (Lipinski definition) is 1. The lowest BCUT2D eigenvalue weighted by molar-refractivity contribution is 0.0358. The van der Waals surface area contributed by atoms with E-state index in [4.69, 9.17) is 0 Å². The van der Waals surface area contributed by atoms with Crippen LogP contribution in [0.5, 0.6) is 0 Å². The summed E-state index contributed by atoms with van der Waals surface area (Å²) in [7, 11) is 0. The van der Waals surface area contributed by atoms with Crippen molar-refractivity contribution in [2.75, 3.05) is 0 Å². The number of nitrogens with zero attached hydrogens (tertiary/aromatic N) is 1. The fourth-order valence-electron chi connectivity index (χ4n) is 3.02. The van der Waals surface area contributed by atoms with E-state index < -0.39 is 5.54 Å². The molecule has 0 bridgehead atoms. The van der Waals surface area contributed by atoms with Crippen molar-refractivity contribution in [1.29, 1.82) is 0 Å². The van der Waals surface area contributed by atoms with E-state index >= 15 is 0 Å². The van der Waals surface area contributed by atoms with Gasteiger partial charge in [0.05, 0.1) is 5.54 Å². The molecular weight excluding hydrogens is 324 g/mol. The van der Waals surface area contributed by atoms with Crippen LogP contribution in [0.15, 0.2) is 36.4 Å². The molecule has 0 heterocycles. The van der Waals surface area contributed by atoms with Crippen LogP contribution in [0.25, 0.3) is 0 Å². The lowest BCUT2D eigenvalue weighted by atomic mass is 10.0. The first-order valence-electron chi connectivity index (χ1n) is 8.79. The predicted molar refractivity (Wildman–Crippen MR) is 105 cm³/mol. The number of hydrazine groups is 1. The molecule has 138 valence electrons. The highest BCUT2D eigenvalue weighted by Crippen LogP contribution is 2.18. The number of hydrogen-bond acceptors (Lipinski definition) is 2. The average Bonchev–Trinajstić information content (AvgIpc) is 2.48. The second-order valence-corrected chi connectivity index (χ2v) is 8.01. The number of rotatable bonds is 2. The molecule has 0 atom stereocenters. The second-order valence-electron chi connectivity index (χ2n) is 8.01. The first-order chi connectivity index (χ1) is 12.0. The molecule has 4 nitrogen and oxygen atoms in total. The molecule has 0 aliphatic carbocycles. The minimum Gasteiger partial charge on any atom is -0.267 e. The maximum absolute atomic E-state index is 13.1. The zero-order valence-electron chi connectivity index (χ0n) is 16.7. The van der Waals surface area contributed by atoms with Gasteiger partial charge >= 0.3 is 0 Å². The number of carbonyl (C=O) groups excluding carboxylic acids is 2. The van der Waals surface area contributed by atoms with Crippen LogP contribution in [-0.2, 0) is 0 Å². The molecule has 0 aliphatic heterocycles. The molecule has 0 radical (unpaired) electrons. The molecule has 26 heavy (non-hydrogen) atoms. The van der Waals surface area contributed by atoms with Crippen LogP contribution in [0, 0.1) is 27.7 Å². The molecule has 1 N–H and O–H groups in total. The molecule has 0 saturated heterocycles. The highest BCUT2D eigenvalue weighted by Gasteiger charge is 2.30. The molecule has 2 rings (SSSR count). The summed E-state index contributed by atoms with van der Waals surface area (Å²) < 4.78 is 0. The number of aryl methyl sites for hydroxylation is 4. The van der Waals surface area contributed by atoms with Gasteiger partial charge in [-0.3, -0.25) is 15.0 Å². The standard InChI is InChI=1S/C22H28N2O2/c1-14-8-15(2)11-18(10-14)20(25)23-24(22(5,6)7)21(26)19-12-16(3)9-17(4)13-19/h8-13H,1-7H3,(H,23,25). The molecule has 0 unspecified atom stereocenters. The van der Waals surface area contributed by atoms with Crippen LogP contribution in [0.4, 0.5) is 0 Å². The third-order valence-corrected chi connectivity index (χ3v) is 4.04. The summed E-state index contributed by atoms with van der Waals surface area (Å²) >= 11 is 0. The average molecular weight is 352 g/mol. The number of amides is 2. The van der Waals surface area contributed by atoms with Crippen LogP contribution in [0.1, 0.15) is 63.7 Å². The number of carbonyl (C=O) groups is 2. The Morgan fingerprint density at radius 3 is 1.50 bits per heavy atom. The summed E-state index contributed by atoms with van der Waals surface area (Å²) in [5, 5.41) is 1.42. The van der Waals surface area contributed by atoms with Crippen molar-refractivity contribution in [2.45, 2.75) is 54.0 Å². The molecule has 2 amide bonds. The molecule has 0 spiro atoms. The Bertz CT molecular complexity index is 807. The lowest BCUT2D eigenvalue weighted by Crippen LogP contribution is -2.55. The highest BCUT2D eigenvalue weighted by molar-refractivity contribution is 5.99. The molecule has 4 heteroatoms. The van der Waals surface area contributed by atoms with Gasteiger partial charge in [-0.25, -0.2) is 5.01 Å². The highest BCUT2D eigenvalue weighted by atomic mass is 16.2. The fourth-order valence-corrected chi connectivity index (χ4v) is 3.02. The Balaban J connectivity index is 2.36. The van der Waals surface area contributed by atoms with E-state index in [1.807, 2.05) is 84.9 Å². The Morgan fingerprint density at radius 1 is 0.731 bits per heavy atom. The van der Waals surface area contributed by atoms with Gasteiger partial charge in [0.15, 0.2) is 0 Å². The molecule has 0 aliphatic rings. The van der Waals surface area contributed by atoms with Crippen LogP contribution >= 0.6 is 0 Å². The van der Waals surface area contributed by atoms with E-state index in [2.05, 4.69) is 5.43 Å². The van der Waals surface area contributed by atoms with Crippen molar-refractivity contribution in [2.24, 2.45) is 0 Å². The SMILES string of the molecule is Cc1cc(C)cc(C(=O)NN(C(=O)c2cc(C)cc(C)c2)C(C)(C)C)c1. The Morgan fingerprint density at radius 2 is 1.12 bits per heavy atom. The van der Waals surface area contributed by atoms with E-state index in [1.165, 1.54) is 5.01 Å². The van der Waals surface area contributed by atoms with Crippen molar-refractivity contribution < 1.29 is 9.59 Å². The van der Waals surface area contributed by atoms with Crippen molar-refractivity contribution in [3.8, 4) is 0 Å². The first-order valence-corrected chi connectivity index (χ1v) is 8.79. The first kappa shape index (κ1) is 19.7. The van der Waals surface area contributed by atoms with Gasteiger partial charge in [0.1, 0.15) is 0 Å². The predicted octanol–water partition coefficient (Wildman–Crippen LogP) is 4.51. The van der Waals surface area contributed by atoms with E-state index in [1.54, 1.807) is 0 Å². The normalized spacial score (nSPS) is 11.2. The number of nitrogens with one attached hydrogen (secondary N) is 1. The van der Waals surface area contributed by atoms with Gasteiger partial charge in [0, 0.05) is 11.1 Å². The fraction of sp³-hybridized carbons (Fsp3) is 0.364. The molecule has 0 saturated carbocycles. The van der Waals surface area contributed by atoms with E-state index in [0.29, 0.717) is 11.1 Å². The van der Waals surface area contributed by atoms with Crippen molar-refractivity contribution in [3.63, 3.8) is 0 Å². The van der Waals surface area contributed by atoms with Gasteiger partial charge in [-0.1, -0.05) is 34.4 Å². The largest absolute Gasteiger partial charge is 0.272 e. The van der Waals surface area contributed by atoms with Crippen molar-refractivity contribution >= 4 is 11.8 Å². The van der Waals surface area contributed by atoms with Crippen LogP contribution < -0.4 is 5.43 Å². The zero-order valence-corrected chi connectivity index (χ0v) is 16.7. The minimum absolute atomic E-state index is 0.220. The molecule has 0 fully saturated rings. The maximum Gasteiger partial charge on any atom is 0.272 e. The van der Waals surface area contributed by atoms with Crippen molar-refractivity contribution in [3.05, 3.63) is 69.8 Å². The summed E-state index contributed by atoms with van der Waals surface area (Å²) in [5.41, 5.74) is 7.41. The lowest BCUT2D eigenvalue weighted by Gasteiger charge is -2.35. The minimum atomic E-state index is -0.566. The smallest absolute Gasteiger partial charge is 0.267 e. The van der Waals surface area contributed by atoms with E-state index in [-0.39, 0.29) is 11.8 Å². The summed E-state index contributed by atoms with van der Waals surface area (Å²) in [6.07, 6.45) is 0. The number of benzene rings is 2. The van der Waals surface area contributed by atoms with Crippen molar-refractivity contribution in [1.82, 2.24) is 10.4 Å². The molecule has 0 aromatic heterocycles. The third kappa shape index (κ3) is 4.72. The summed E-state index contributed by atoms with van der Waals surface area (Å²) in [6, 6.07) is 11.4. The summed E-state index contributed by atoms with van der Waals surface area (Å²) in [5.74, 6) is -0.508. The van der Waals surface area contributed by atoms with Crippen LogP contribution in [-0.4, -0.2) is 22.4 Å². The van der Waals surface area contributed by atoms with E-state index in [9.17, 15) is 9.59 Å². The van der Waals surface area contributed by atoms with E-state index in [0.717, 1.165) is 22.3 Å². The van der Waals surface area contributed by atoms with Gasteiger partial charge in [0.2, 0.25) is 0 Å².